The number of ketones is 1. The van der Waals surface area contributed by atoms with Gasteiger partial charge in [-0.05, 0) is 31.2 Å². The first-order valence-electron chi connectivity index (χ1n) is 4.73. The second-order valence-electron chi connectivity index (χ2n) is 3.56. The molecule has 0 saturated heterocycles. The minimum atomic E-state index is -3.35. The van der Waals surface area contributed by atoms with Crippen molar-refractivity contribution in [2.24, 2.45) is 0 Å². The predicted molar refractivity (Wildman–Crippen MR) is 61.6 cm³/mol. The Balaban J connectivity index is 2.97. The minimum absolute atomic E-state index is 0.374. The maximum atomic E-state index is 11.8. The average Bonchev–Trinajstić information content (AvgIpc) is 2.26. The van der Waals surface area contributed by atoms with Crippen LogP contribution in [0.25, 0.3) is 0 Å². The lowest BCUT2D eigenvalue weighted by atomic mass is 10.1. The molecule has 0 unspecified atom stereocenters. The zero-order chi connectivity index (χ0) is 12.3. The fraction of sp³-hybridized carbons (Fsp3) is 0.364. The zero-order valence-corrected chi connectivity index (χ0v) is 10.2. The van der Waals surface area contributed by atoms with E-state index in [1.165, 1.54) is 14.0 Å². The molecule has 1 rings (SSSR count). The Morgan fingerprint density at radius 3 is 2.12 bits per heavy atom. The Bertz CT molecular complexity index is 473. The van der Waals surface area contributed by atoms with Gasteiger partial charge in [0.2, 0.25) is 0 Å². The summed E-state index contributed by atoms with van der Waals surface area (Å²) in [7, 11) is -1.82. The molecule has 0 fully saturated rings. The normalized spacial score (nSPS) is 13.2. The van der Waals surface area contributed by atoms with Crippen molar-refractivity contribution in [2.45, 2.75) is 12.2 Å². The van der Waals surface area contributed by atoms with Crippen LogP contribution < -0.4 is 4.74 Å². The number of carbonyl (C=O) groups excluding carboxylic acids is 1. The fourth-order valence-electron chi connectivity index (χ4n) is 1.18. The molecule has 0 heterocycles. The third-order valence-electron chi connectivity index (χ3n) is 2.39. The molecular weight excluding hydrogens is 228 g/mol. The molecule has 0 saturated carbocycles. The van der Waals surface area contributed by atoms with Gasteiger partial charge in [0.1, 0.15) is 11.0 Å². The molecule has 0 bridgehead atoms. The average molecular weight is 242 g/mol. The van der Waals surface area contributed by atoms with E-state index in [1.54, 1.807) is 24.3 Å². The number of rotatable bonds is 4. The maximum absolute atomic E-state index is 11.8. The minimum Gasteiger partial charge on any atom is -0.497 e. The number of benzene rings is 1. The van der Waals surface area contributed by atoms with Crippen LogP contribution in [0.4, 0.5) is 0 Å². The summed E-state index contributed by atoms with van der Waals surface area (Å²) < 4.78 is 27.4. The highest BCUT2D eigenvalue weighted by Crippen LogP contribution is 2.14. The van der Waals surface area contributed by atoms with Gasteiger partial charge in [0.25, 0.3) is 0 Å². The lowest BCUT2D eigenvalue weighted by Gasteiger charge is -2.08. The first-order chi connectivity index (χ1) is 7.36. The second kappa shape index (κ2) is 4.65. The topological polar surface area (TPSA) is 60.4 Å². The molecule has 0 radical (unpaired) electrons. The van der Waals surface area contributed by atoms with Crippen LogP contribution in [-0.4, -0.2) is 32.8 Å². The van der Waals surface area contributed by atoms with Crippen LogP contribution >= 0.6 is 0 Å². The summed E-state index contributed by atoms with van der Waals surface area (Å²) in [5.74, 6) is 0.230. The largest absolute Gasteiger partial charge is 0.497 e. The Kier molecular flexibility index (Phi) is 3.70. The Hall–Kier alpha value is -1.36. The molecule has 0 aromatic heterocycles. The van der Waals surface area contributed by atoms with Crippen LogP contribution in [0.15, 0.2) is 24.3 Å². The Morgan fingerprint density at radius 2 is 1.75 bits per heavy atom. The van der Waals surface area contributed by atoms with Gasteiger partial charge in [-0.2, -0.15) is 0 Å². The molecule has 0 amide bonds. The van der Waals surface area contributed by atoms with Crippen LogP contribution in [0.1, 0.15) is 17.3 Å². The van der Waals surface area contributed by atoms with Gasteiger partial charge in [0.15, 0.2) is 15.6 Å². The molecule has 4 nitrogen and oxygen atoms in total. The van der Waals surface area contributed by atoms with Crippen molar-refractivity contribution >= 4 is 15.6 Å². The monoisotopic (exact) mass is 242 g/mol. The lowest BCUT2D eigenvalue weighted by molar-refractivity contribution is 0.0991. The van der Waals surface area contributed by atoms with Crippen LogP contribution in [0.2, 0.25) is 0 Å². The molecule has 0 spiro atoms. The molecule has 88 valence electrons. The summed E-state index contributed by atoms with van der Waals surface area (Å²) in [6.45, 7) is 1.39. The Morgan fingerprint density at radius 1 is 1.25 bits per heavy atom. The van der Waals surface area contributed by atoms with Gasteiger partial charge in [0, 0.05) is 11.8 Å². The van der Waals surface area contributed by atoms with E-state index in [-0.39, 0.29) is 0 Å². The first-order valence-corrected chi connectivity index (χ1v) is 6.69. The van der Waals surface area contributed by atoms with E-state index in [9.17, 15) is 13.2 Å². The summed E-state index contributed by atoms with van der Waals surface area (Å²) in [5, 5.41) is -1.01. The van der Waals surface area contributed by atoms with Crippen molar-refractivity contribution in [3.05, 3.63) is 29.8 Å². The van der Waals surface area contributed by atoms with E-state index in [4.69, 9.17) is 4.74 Å². The summed E-state index contributed by atoms with van der Waals surface area (Å²) in [5.41, 5.74) is 0.374. The van der Waals surface area contributed by atoms with E-state index in [0.717, 1.165) is 6.26 Å². The number of hydrogen-bond acceptors (Lipinski definition) is 4. The molecule has 0 aliphatic rings. The van der Waals surface area contributed by atoms with Crippen molar-refractivity contribution in [3.8, 4) is 5.75 Å². The highest BCUT2D eigenvalue weighted by Gasteiger charge is 2.24. The van der Waals surface area contributed by atoms with Gasteiger partial charge >= 0.3 is 0 Å². The van der Waals surface area contributed by atoms with Crippen LogP contribution in [0.5, 0.6) is 5.75 Å². The molecule has 1 aromatic carbocycles. The molecule has 5 heteroatoms. The fourth-order valence-corrected chi connectivity index (χ4v) is 1.71. The number of carbonyl (C=O) groups is 1. The van der Waals surface area contributed by atoms with Crippen molar-refractivity contribution < 1.29 is 17.9 Å². The lowest BCUT2D eigenvalue weighted by Crippen LogP contribution is -2.26. The molecule has 0 N–H and O–H groups in total. The quantitative estimate of drug-likeness (QED) is 0.747. The van der Waals surface area contributed by atoms with Gasteiger partial charge in [0.05, 0.1) is 7.11 Å². The van der Waals surface area contributed by atoms with Gasteiger partial charge in [-0.15, -0.1) is 0 Å². The highest BCUT2D eigenvalue weighted by molar-refractivity contribution is 7.92. The molecular formula is C11H14O4S. The van der Waals surface area contributed by atoms with Crippen molar-refractivity contribution in [1.82, 2.24) is 0 Å². The van der Waals surface area contributed by atoms with Gasteiger partial charge in [-0.1, -0.05) is 0 Å². The maximum Gasteiger partial charge on any atom is 0.180 e. The molecule has 16 heavy (non-hydrogen) atoms. The van der Waals surface area contributed by atoms with Gasteiger partial charge in [-0.3, -0.25) is 4.79 Å². The van der Waals surface area contributed by atoms with Crippen LogP contribution in [0, 0.1) is 0 Å². The standard InChI is InChI=1S/C11H14O4S/c1-8(16(3,13)14)11(12)9-4-6-10(15-2)7-5-9/h4-8H,1-3H3/t8-/m0/s1. The molecule has 0 aliphatic carbocycles. The number of ether oxygens (including phenoxy) is 1. The first kappa shape index (κ1) is 12.7. The number of Topliss-reactive ketones (excluding diaryl/α,β-unsaturated/α-hetero) is 1. The Labute approximate surface area is 95.2 Å². The van der Waals surface area contributed by atoms with Crippen molar-refractivity contribution in [2.75, 3.05) is 13.4 Å². The van der Waals surface area contributed by atoms with Crippen molar-refractivity contribution in [3.63, 3.8) is 0 Å². The molecule has 1 aromatic rings. The number of hydrogen-bond donors (Lipinski definition) is 0. The SMILES string of the molecule is COc1ccc(C(=O)[C@H](C)S(C)(=O)=O)cc1. The van der Waals surface area contributed by atoms with Crippen LogP contribution in [0.3, 0.4) is 0 Å². The van der Waals surface area contributed by atoms with Gasteiger partial charge in [-0.25, -0.2) is 8.42 Å². The summed E-state index contributed by atoms with van der Waals surface area (Å²) in [6.07, 6.45) is 1.05. The van der Waals surface area contributed by atoms with E-state index in [0.29, 0.717) is 11.3 Å². The molecule has 0 aliphatic heterocycles. The third-order valence-corrected chi connectivity index (χ3v) is 3.88. The summed E-state index contributed by atoms with van der Waals surface area (Å²) in [4.78, 5) is 11.8. The number of methoxy groups -OCH3 is 1. The highest BCUT2D eigenvalue weighted by atomic mass is 32.2. The van der Waals surface area contributed by atoms with E-state index in [2.05, 4.69) is 0 Å². The number of sulfone groups is 1. The van der Waals surface area contributed by atoms with Crippen molar-refractivity contribution in [1.29, 1.82) is 0 Å². The second-order valence-corrected chi connectivity index (χ2v) is 5.93. The summed E-state index contributed by atoms with van der Waals surface area (Å²) >= 11 is 0. The zero-order valence-electron chi connectivity index (χ0n) is 9.43. The third kappa shape index (κ3) is 2.82. The smallest absolute Gasteiger partial charge is 0.180 e. The predicted octanol–water partition coefficient (Wildman–Crippen LogP) is 1.31. The van der Waals surface area contributed by atoms with Crippen LogP contribution in [-0.2, 0) is 9.84 Å². The molecule has 1 atom stereocenters. The van der Waals surface area contributed by atoms with E-state index < -0.39 is 20.9 Å². The van der Waals surface area contributed by atoms with Gasteiger partial charge < -0.3 is 4.74 Å². The van der Waals surface area contributed by atoms with E-state index in [1.807, 2.05) is 0 Å². The van der Waals surface area contributed by atoms with E-state index >= 15 is 0 Å². The summed E-state index contributed by atoms with van der Waals surface area (Å²) in [6, 6.07) is 6.37.